The number of likely N-dealkylation sites (tertiary alicyclic amines) is 1. The third-order valence-electron chi connectivity index (χ3n) is 3.70. The molecule has 0 aliphatic carbocycles. The average molecular weight is 263 g/mol. The van der Waals surface area contributed by atoms with Gasteiger partial charge >= 0.3 is 0 Å². The van der Waals surface area contributed by atoms with Crippen molar-refractivity contribution in [1.82, 2.24) is 4.90 Å². The lowest BCUT2D eigenvalue weighted by Gasteiger charge is -2.17. The van der Waals surface area contributed by atoms with Gasteiger partial charge < -0.3 is 14.7 Å². The van der Waals surface area contributed by atoms with E-state index in [2.05, 4.69) is 6.92 Å². The molecule has 4 heteroatoms. The van der Waals surface area contributed by atoms with Crippen LogP contribution in [0.25, 0.3) is 0 Å². The molecule has 0 aromatic heterocycles. The standard InChI is InChI=1S/C15H21NO3/c1-3-4-11-7-8-16(10-11)15(18)12-5-6-14(19-2)13(17)9-12/h5-6,9,11,17H,3-4,7-8,10H2,1-2H3. The predicted octanol–water partition coefficient (Wildman–Crippen LogP) is 2.66. The van der Waals surface area contributed by atoms with Crippen LogP contribution in [0.1, 0.15) is 36.5 Å². The Labute approximate surface area is 114 Å². The molecule has 1 aliphatic heterocycles. The fourth-order valence-corrected chi connectivity index (χ4v) is 2.67. The second kappa shape index (κ2) is 5.95. The number of aromatic hydroxyl groups is 1. The number of nitrogens with zero attached hydrogens (tertiary/aromatic N) is 1. The summed E-state index contributed by atoms with van der Waals surface area (Å²) >= 11 is 0. The van der Waals surface area contributed by atoms with Gasteiger partial charge in [-0.3, -0.25) is 4.79 Å². The van der Waals surface area contributed by atoms with E-state index >= 15 is 0 Å². The Kier molecular flexibility index (Phi) is 4.30. The first kappa shape index (κ1) is 13.7. The summed E-state index contributed by atoms with van der Waals surface area (Å²) in [6.07, 6.45) is 3.43. The molecule has 2 rings (SSSR count). The van der Waals surface area contributed by atoms with E-state index < -0.39 is 0 Å². The number of hydrogen-bond donors (Lipinski definition) is 1. The zero-order valence-corrected chi connectivity index (χ0v) is 11.6. The van der Waals surface area contributed by atoms with E-state index in [1.54, 1.807) is 12.1 Å². The lowest BCUT2D eigenvalue weighted by molar-refractivity contribution is 0.0786. The van der Waals surface area contributed by atoms with Gasteiger partial charge in [0.25, 0.3) is 5.91 Å². The number of ether oxygens (including phenoxy) is 1. The molecule has 0 spiro atoms. The Balaban J connectivity index is 2.06. The lowest BCUT2D eigenvalue weighted by atomic mass is 10.0. The maximum Gasteiger partial charge on any atom is 0.254 e. The monoisotopic (exact) mass is 263 g/mol. The molecule has 0 saturated carbocycles. The molecule has 1 N–H and O–H groups in total. The van der Waals surface area contributed by atoms with E-state index in [0.29, 0.717) is 17.2 Å². The quantitative estimate of drug-likeness (QED) is 0.908. The Bertz CT molecular complexity index is 459. The van der Waals surface area contributed by atoms with Gasteiger partial charge in [0.1, 0.15) is 0 Å². The number of phenolic OH excluding ortho intramolecular Hbond substituents is 1. The lowest BCUT2D eigenvalue weighted by Crippen LogP contribution is -2.28. The highest BCUT2D eigenvalue weighted by molar-refractivity contribution is 5.95. The molecular formula is C15H21NO3. The molecule has 1 atom stereocenters. The molecule has 19 heavy (non-hydrogen) atoms. The zero-order chi connectivity index (χ0) is 13.8. The third-order valence-corrected chi connectivity index (χ3v) is 3.70. The molecule has 1 saturated heterocycles. The minimum atomic E-state index is -0.00319. The molecule has 1 fully saturated rings. The summed E-state index contributed by atoms with van der Waals surface area (Å²) in [7, 11) is 1.49. The van der Waals surface area contributed by atoms with Crippen LogP contribution in [-0.4, -0.2) is 36.1 Å². The van der Waals surface area contributed by atoms with Crippen LogP contribution in [0.3, 0.4) is 0 Å². The minimum absolute atomic E-state index is 0.00319. The highest BCUT2D eigenvalue weighted by Gasteiger charge is 2.26. The number of rotatable bonds is 4. The highest BCUT2D eigenvalue weighted by Crippen LogP contribution is 2.28. The maximum atomic E-state index is 12.3. The van der Waals surface area contributed by atoms with Crippen LogP contribution in [0.15, 0.2) is 18.2 Å². The van der Waals surface area contributed by atoms with Gasteiger partial charge in [0, 0.05) is 18.7 Å². The summed E-state index contributed by atoms with van der Waals surface area (Å²) in [4.78, 5) is 14.2. The van der Waals surface area contributed by atoms with Gasteiger partial charge in [-0.2, -0.15) is 0 Å². The predicted molar refractivity (Wildman–Crippen MR) is 73.6 cm³/mol. The fraction of sp³-hybridized carbons (Fsp3) is 0.533. The van der Waals surface area contributed by atoms with E-state index in [9.17, 15) is 9.90 Å². The van der Waals surface area contributed by atoms with Crippen molar-refractivity contribution in [2.24, 2.45) is 5.92 Å². The highest BCUT2D eigenvalue weighted by atomic mass is 16.5. The minimum Gasteiger partial charge on any atom is -0.504 e. The average Bonchev–Trinajstić information content (AvgIpc) is 2.87. The molecule has 1 aromatic carbocycles. The van der Waals surface area contributed by atoms with Gasteiger partial charge in [-0.1, -0.05) is 13.3 Å². The summed E-state index contributed by atoms with van der Waals surface area (Å²) in [5.74, 6) is 1.02. The van der Waals surface area contributed by atoms with E-state index in [-0.39, 0.29) is 11.7 Å². The topological polar surface area (TPSA) is 49.8 Å². The Morgan fingerprint density at radius 3 is 2.95 bits per heavy atom. The zero-order valence-electron chi connectivity index (χ0n) is 11.6. The van der Waals surface area contributed by atoms with Crippen molar-refractivity contribution in [3.8, 4) is 11.5 Å². The first-order valence-corrected chi connectivity index (χ1v) is 6.82. The molecular weight excluding hydrogens is 242 g/mol. The van der Waals surface area contributed by atoms with Gasteiger partial charge in [0.05, 0.1) is 7.11 Å². The van der Waals surface area contributed by atoms with Crippen molar-refractivity contribution < 1.29 is 14.6 Å². The van der Waals surface area contributed by atoms with Crippen LogP contribution >= 0.6 is 0 Å². The SMILES string of the molecule is CCCC1CCN(C(=O)c2ccc(OC)c(O)c2)C1. The van der Waals surface area contributed by atoms with Crippen LogP contribution in [0.2, 0.25) is 0 Å². The molecule has 104 valence electrons. The van der Waals surface area contributed by atoms with Gasteiger partial charge in [-0.25, -0.2) is 0 Å². The molecule has 1 unspecified atom stereocenters. The van der Waals surface area contributed by atoms with E-state index in [1.807, 2.05) is 4.90 Å². The summed E-state index contributed by atoms with van der Waals surface area (Å²) in [6.45, 7) is 3.82. The molecule has 1 aliphatic rings. The molecule has 0 radical (unpaired) electrons. The van der Waals surface area contributed by atoms with E-state index in [1.165, 1.54) is 19.6 Å². The first-order valence-electron chi connectivity index (χ1n) is 6.82. The number of carbonyl (C=O) groups excluding carboxylic acids is 1. The van der Waals surface area contributed by atoms with Gasteiger partial charge in [-0.05, 0) is 37.0 Å². The van der Waals surface area contributed by atoms with Crippen molar-refractivity contribution in [3.63, 3.8) is 0 Å². The summed E-state index contributed by atoms with van der Waals surface area (Å²) in [6, 6.07) is 4.81. The Hall–Kier alpha value is -1.71. The summed E-state index contributed by atoms with van der Waals surface area (Å²) in [5, 5.41) is 9.72. The first-order chi connectivity index (χ1) is 9.15. The van der Waals surface area contributed by atoms with Crippen molar-refractivity contribution in [2.75, 3.05) is 20.2 Å². The van der Waals surface area contributed by atoms with Gasteiger partial charge in [0.2, 0.25) is 0 Å². The van der Waals surface area contributed by atoms with Crippen molar-refractivity contribution >= 4 is 5.91 Å². The molecule has 1 amide bonds. The van der Waals surface area contributed by atoms with E-state index in [4.69, 9.17) is 4.74 Å². The third kappa shape index (κ3) is 3.00. The Morgan fingerprint density at radius 2 is 2.32 bits per heavy atom. The van der Waals surface area contributed by atoms with Crippen molar-refractivity contribution in [1.29, 1.82) is 0 Å². The number of amides is 1. The van der Waals surface area contributed by atoms with Crippen molar-refractivity contribution in [2.45, 2.75) is 26.2 Å². The summed E-state index contributed by atoms with van der Waals surface area (Å²) in [5.41, 5.74) is 0.524. The molecule has 4 nitrogen and oxygen atoms in total. The maximum absolute atomic E-state index is 12.3. The van der Waals surface area contributed by atoms with Crippen LogP contribution in [-0.2, 0) is 0 Å². The normalized spacial score (nSPS) is 18.6. The molecule has 1 heterocycles. The second-order valence-corrected chi connectivity index (χ2v) is 5.08. The van der Waals surface area contributed by atoms with E-state index in [0.717, 1.165) is 25.9 Å². The van der Waals surface area contributed by atoms with Crippen LogP contribution in [0, 0.1) is 5.92 Å². The second-order valence-electron chi connectivity index (χ2n) is 5.08. The van der Waals surface area contributed by atoms with Gasteiger partial charge in [-0.15, -0.1) is 0 Å². The van der Waals surface area contributed by atoms with Crippen LogP contribution in [0.5, 0.6) is 11.5 Å². The number of carbonyl (C=O) groups is 1. The van der Waals surface area contributed by atoms with Crippen LogP contribution in [0.4, 0.5) is 0 Å². The number of hydrogen-bond acceptors (Lipinski definition) is 3. The molecule has 0 bridgehead atoms. The Morgan fingerprint density at radius 1 is 1.53 bits per heavy atom. The number of benzene rings is 1. The smallest absolute Gasteiger partial charge is 0.254 e. The van der Waals surface area contributed by atoms with Gasteiger partial charge in [0.15, 0.2) is 11.5 Å². The number of phenols is 1. The summed E-state index contributed by atoms with van der Waals surface area (Å²) < 4.78 is 4.98. The van der Waals surface area contributed by atoms with Crippen LogP contribution < -0.4 is 4.74 Å². The largest absolute Gasteiger partial charge is 0.504 e. The molecule has 1 aromatic rings. The fourth-order valence-electron chi connectivity index (χ4n) is 2.67. The van der Waals surface area contributed by atoms with Crippen molar-refractivity contribution in [3.05, 3.63) is 23.8 Å². The number of methoxy groups -OCH3 is 1.